The number of aromatic nitrogens is 2. The highest BCUT2D eigenvalue weighted by molar-refractivity contribution is 9.10. The molecule has 0 saturated carbocycles. The molecular weight excluding hydrogens is 286 g/mol. The van der Waals surface area contributed by atoms with Crippen molar-refractivity contribution in [3.05, 3.63) is 38.8 Å². The molecule has 86 valence electrons. The first-order chi connectivity index (χ1) is 7.72. The summed E-state index contributed by atoms with van der Waals surface area (Å²) in [5, 5.41) is 6.33. The van der Waals surface area contributed by atoms with Gasteiger partial charge in [0.25, 0.3) is 0 Å². The minimum atomic E-state index is -0.0834. The van der Waals surface area contributed by atoms with Gasteiger partial charge in [0.1, 0.15) is 0 Å². The highest BCUT2D eigenvalue weighted by atomic mass is 79.9. The lowest BCUT2D eigenvalue weighted by atomic mass is 10.1. The van der Waals surface area contributed by atoms with E-state index in [0.29, 0.717) is 0 Å². The van der Waals surface area contributed by atoms with E-state index in [1.54, 1.807) is 11.3 Å². The van der Waals surface area contributed by atoms with Crippen LogP contribution in [0.3, 0.4) is 0 Å². The van der Waals surface area contributed by atoms with Crippen LogP contribution in [0.25, 0.3) is 0 Å². The molecule has 0 aliphatic heterocycles. The lowest BCUT2D eigenvalue weighted by Crippen LogP contribution is -2.09. The van der Waals surface area contributed by atoms with Crippen molar-refractivity contribution in [2.24, 2.45) is 5.73 Å². The second kappa shape index (κ2) is 5.12. The molecule has 16 heavy (non-hydrogen) atoms. The van der Waals surface area contributed by atoms with Gasteiger partial charge >= 0.3 is 0 Å². The van der Waals surface area contributed by atoms with Crippen molar-refractivity contribution in [2.75, 3.05) is 0 Å². The quantitative estimate of drug-likeness (QED) is 0.942. The number of rotatable bonds is 4. The van der Waals surface area contributed by atoms with Gasteiger partial charge in [0.05, 0.1) is 12.2 Å². The van der Waals surface area contributed by atoms with E-state index in [9.17, 15) is 0 Å². The molecule has 0 aliphatic carbocycles. The molecule has 2 heterocycles. The SMILES string of the molecule is CCCn1cc(C(N)c2sccc2Br)cn1. The summed E-state index contributed by atoms with van der Waals surface area (Å²) in [4.78, 5) is 1.15. The van der Waals surface area contributed by atoms with Crippen LogP contribution in [-0.2, 0) is 6.54 Å². The first kappa shape index (κ1) is 11.8. The summed E-state index contributed by atoms with van der Waals surface area (Å²) in [5.41, 5.74) is 7.26. The van der Waals surface area contributed by atoms with Crippen LogP contribution in [0.1, 0.15) is 29.8 Å². The number of hydrogen-bond donors (Lipinski definition) is 1. The van der Waals surface area contributed by atoms with E-state index in [0.717, 1.165) is 27.9 Å². The van der Waals surface area contributed by atoms with Gasteiger partial charge in [-0.15, -0.1) is 11.3 Å². The predicted octanol–water partition coefficient (Wildman–Crippen LogP) is 3.17. The van der Waals surface area contributed by atoms with Gasteiger partial charge in [-0.1, -0.05) is 6.92 Å². The number of thiophene rings is 1. The summed E-state index contributed by atoms with van der Waals surface area (Å²) in [5.74, 6) is 0. The molecule has 1 unspecified atom stereocenters. The number of halogens is 1. The molecule has 0 spiro atoms. The molecule has 2 N–H and O–H groups in total. The fourth-order valence-corrected chi connectivity index (χ4v) is 3.22. The van der Waals surface area contributed by atoms with E-state index in [4.69, 9.17) is 5.73 Å². The van der Waals surface area contributed by atoms with Gasteiger partial charge in [0.15, 0.2) is 0 Å². The van der Waals surface area contributed by atoms with E-state index in [1.807, 2.05) is 28.5 Å². The van der Waals surface area contributed by atoms with Gasteiger partial charge in [-0.2, -0.15) is 5.10 Å². The molecule has 0 aliphatic rings. The van der Waals surface area contributed by atoms with E-state index in [2.05, 4.69) is 28.0 Å². The van der Waals surface area contributed by atoms with Gasteiger partial charge in [0, 0.05) is 27.7 Å². The third-order valence-electron chi connectivity index (χ3n) is 2.39. The van der Waals surface area contributed by atoms with E-state index in [-0.39, 0.29) is 6.04 Å². The Balaban J connectivity index is 2.20. The fraction of sp³-hybridized carbons (Fsp3) is 0.364. The summed E-state index contributed by atoms with van der Waals surface area (Å²) in [6.07, 6.45) is 4.96. The molecule has 0 bridgehead atoms. The van der Waals surface area contributed by atoms with Gasteiger partial charge in [-0.25, -0.2) is 0 Å². The molecule has 2 rings (SSSR count). The number of nitrogens with zero attached hydrogens (tertiary/aromatic N) is 2. The van der Waals surface area contributed by atoms with Crippen LogP contribution >= 0.6 is 27.3 Å². The largest absolute Gasteiger partial charge is 0.319 e. The zero-order valence-electron chi connectivity index (χ0n) is 9.06. The minimum Gasteiger partial charge on any atom is -0.319 e. The molecular formula is C11H14BrN3S. The first-order valence-corrected chi connectivity index (χ1v) is 6.90. The average molecular weight is 300 g/mol. The van der Waals surface area contributed by atoms with E-state index in [1.165, 1.54) is 0 Å². The van der Waals surface area contributed by atoms with Crippen LogP contribution in [0.2, 0.25) is 0 Å². The number of hydrogen-bond acceptors (Lipinski definition) is 3. The monoisotopic (exact) mass is 299 g/mol. The third-order valence-corrected chi connectivity index (χ3v) is 4.35. The topological polar surface area (TPSA) is 43.8 Å². The lowest BCUT2D eigenvalue weighted by molar-refractivity contribution is 0.602. The maximum atomic E-state index is 6.20. The molecule has 0 radical (unpaired) electrons. The van der Waals surface area contributed by atoms with Crippen LogP contribution in [0.5, 0.6) is 0 Å². The predicted molar refractivity (Wildman–Crippen MR) is 70.6 cm³/mol. The Kier molecular flexibility index (Phi) is 3.78. The maximum Gasteiger partial charge on any atom is 0.0688 e. The Hall–Kier alpha value is -0.650. The minimum absolute atomic E-state index is 0.0834. The fourth-order valence-electron chi connectivity index (χ4n) is 1.57. The summed E-state index contributed by atoms with van der Waals surface area (Å²) in [6, 6.07) is 1.94. The second-order valence-corrected chi connectivity index (χ2v) is 5.45. The Morgan fingerprint density at radius 1 is 1.62 bits per heavy atom. The van der Waals surface area contributed by atoms with Gasteiger partial charge in [-0.05, 0) is 33.8 Å². The second-order valence-electron chi connectivity index (χ2n) is 3.65. The van der Waals surface area contributed by atoms with Crippen LogP contribution < -0.4 is 5.73 Å². The Bertz CT molecular complexity index is 463. The van der Waals surface area contributed by atoms with Gasteiger partial charge in [-0.3, -0.25) is 4.68 Å². The van der Waals surface area contributed by atoms with Crippen molar-refractivity contribution in [3.8, 4) is 0 Å². The molecule has 2 aromatic heterocycles. The third kappa shape index (κ3) is 2.36. The van der Waals surface area contributed by atoms with Crippen LogP contribution in [0.15, 0.2) is 28.3 Å². The van der Waals surface area contributed by atoms with Crippen molar-refractivity contribution in [1.29, 1.82) is 0 Å². The summed E-state index contributed by atoms with van der Waals surface area (Å²) >= 11 is 5.17. The smallest absolute Gasteiger partial charge is 0.0688 e. The number of aryl methyl sites for hydroxylation is 1. The van der Waals surface area contributed by atoms with Crippen LogP contribution in [0.4, 0.5) is 0 Å². The van der Waals surface area contributed by atoms with Crippen LogP contribution in [-0.4, -0.2) is 9.78 Å². The zero-order valence-corrected chi connectivity index (χ0v) is 11.5. The molecule has 5 heteroatoms. The van der Waals surface area contributed by atoms with Crippen molar-refractivity contribution in [3.63, 3.8) is 0 Å². The molecule has 2 aromatic rings. The van der Waals surface area contributed by atoms with Gasteiger partial charge in [0.2, 0.25) is 0 Å². The summed E-state index contributed by atoms with van der Waals surface area (Å²) in [7, 11) is 0. The molecule has 0 saturated heterocycles. The Morgan fingerprint density at radius 2 is 2.44 bits per heavy atom. The highest BCUT2D eigenvalue weighted by Crippen LogP contribution is 2.31. The van der Waals surface area contributed by atoms with Crippen molar-refractivity contribution >= 4 is 27.3 Å². The van der Waals surface area contributed by atoms with Crippen LogP contribution in [0, 0.1) is 0 Å². The lowest BCUT2D eigenvalue weighted by Gasteiger charge is -2.07. The molecule has 1 atom stereocenters. The van der Waals surface area contributed by atoms with E-state index < -0.39 is 0 Å². The standard InChI is InChI=1S/C11H14BrN3S/c1-2-4-15-7-8(6-14-15)10(13)11-9(12)3-5-16-11/h3,5-7,10H,2,4,13H2,1H3. The van der Waals surface area contributed by atoms with Crippen molar-refractivity contribution in [1.82, 2.24) is 9.78 Å². The molecule has 0 amide bonds. The van der Waals surface area contributed by atoms with Gasteiger partial charge < -0.3 is 5.73 Å². The average Bonchev–Trinajstić information content (AvgIpc) is 2.87. The Morgan fingerprint density at radius 3 is 3.06 bits per heavy atom. The Labute approximate surface area is 107 Å². The molecule has 0 fully saturated rings. The highest BCUT2D eigenvalue weighted by Gasteiger charge is 2.15. The maximum absolute atomic E-state index is 6.20. The number of nitrogens with two attached hydrogens (primary N) is 1. The summed E-state index contributed by atoms with van der Waals surface area (Å²) in [6.45, 7) is 3.08. The molecule has 0 aromatic carbocycles. The normalized spacial score (nSPS) is 12.9. The zero-order chi connectivity index (χ0) is 11.5. The first-order valence-electron chi connectivity index (χ1n) is 5.23. The van der Waals surface area contributed by atoms with Crippen molar-refractivity contribution < 1.29 is 0 Å². The summed E-state index contributed by atoms with van der Waals surface area (Å²) < 4.78 is 3.02. The molecule has 3 nitrogen and oxygen atoms in total. The van der Waals surface area contributed by atoms with E-state index >= 15 is 0 Å². The van der Waals surface area contributed by atoms with Crippen molar-refractivity contribution in [2.45, 2.75) is 25.9 Å².